The smallest absolute Gasteiger partial charge is 0.309 e. The fourth-order valence-corrected chi connectivity index (χ4v) is 4.53. The zero-order chi connectivity index (χ0) is 19.3. The first-order chi connectivity index (χ1) is 12.9. The van der Waals surface area contributed by atoms with Crippen LogP contribution in [0, 0.1) is 17.8 Å². The van der Waals surface area contributed by atoms with Crippen LogP contribution in [-0.4, -0.2) is 11.1 Å². The molecule has 27 heavy (non-hydrogen) atoms. The van der Waals surface area contributed by atoms with Crippen molar-refractivity contribution in [2.45, 2.75) is 104 Å². The predicted octanol–water partition coefficient (Wildman–Crippen LogP) is 6.87. The Morgan fingerprint density at radius 2 is 1.59 bits per heavy atom. The average Bonchev–Trinajstić information content (AvgIpc) is 3.54. The van der Waals surface area contributed by atoms with Crippen LogP contribution in [0.1, 0.15) is 101 Å². The zero-order valence-electron chi connectivity index (χ0n) is 17.5. The highest BCUT2D eigenvalue weighted by Crippen LogP contribution is 2.50. The van der Waals surface area contributed by atoms with Crippen molar-refractivity contribution in [1.29, 1.82) is 0 Å². The van der Waals surface area contributed by atoms with E-state index in [4.69, 9.17) is 0 Å². The summed E-state index contributed by atoms with van der Waals surface area (Å²) < 4.78 is 0. The van der Waals surface area contributed by atoms with Gasteiger partial charge >= 0.3 is 5.97 Å². The van der Waals surface area contributed by atoms with Crippen molar-refractivity contribution in [3.8, 4) is 0 Å². The van der Waals surface area contributed by atoms with Gasteiger partial charge in [-0.2, -0.15) is 0 Å². The molecule has 0 radical (unpaired) electrons. The van der Waals surface area contributed by atoms with Gasteiger partial charge in [-0.1, -0.05) is 50.8 Å². The SMILES string of the molecule is Cc1cccc(CCCCCC2(C)CC2)c1CCCCCC1(C(=O)O)CC1. The summed E-state index contributed by atoms with van der Waals surface area (Å²) in [5.74, 6) is -0.570. The van der Waals surface area contributed by atoms with Crippen molar-refractivity contribution >= 4 is 5.97 Å². The summed E-state index contributed by atoms with van der Waals surface area (Å²) in [5, 5.41) is 9.28. The third kappa shape index (κ3) is 5.83. The molecule has 0 spiro atoms. The van der Waals surface area contributed by atoms with Gasteiger partial charge < -0.3 is 5.11 Å². The molecule has 3 rings (SSSR count). The van der Waals surface area contributed by atoms with E-state index in [0.29, 0.717) is 5.41 Å². The second kappa shape index (κ2) is 8.80. The number of carboxylic acid groups (broad SMARTS) is 1. The summed E-state index contributed by atoms with van der Waals surface area (Å²) in [6, 6.07) is 6.79. The highest BCUT2D eigenvalue weighted by molar-refractivity contribution is 5.77. The molecule has 2 fully saturated rings. The lowest BCUT2D eigenvalue weighted by Gasteiger charge is -2.14. The first-order valence-corrected chi connectivity index (χ1v) is 11.3. The minimum absolute atomic E-state index is 0.342. The molecule has 2 nitrogen and oxygen atoms in total. The molecule has 2 aliphatic rings. The van der Waals surface area contributed by atoms with Crippen LogP contribution in [-0.2, 0) is 17.6 Å². The molecule has 2 saturated carbocycles. The van der Waals surface area contributed by atoms with Crippen LogP contribution in [0.2, 0.25) is 0 Å². The molecule has 0 bridgehead atoms. The van der Waals surface area contributed by atoms with Gasteiger partial charge in [0.2, 0.25) is 0 Å². The number of carboxylic acids is 1. The monoisotopic (exact) mass is 370 g/mol. The molecular weight excluding hydrogens is 332 g/mol. The van der Waals surface area contributed by atoms with Gasteiger partial charge in [-0.05, 0) is 93.2 Å². The third-order valence-electron chi connectivity index (χ3n) is 7.23. The molecule has 1 aromatic rings. The molecule has 0 heterocycles. The van der Waals surface area contributed by atoms with Crippen molar-refractivity contribution < 1.29 is 9.90 Å². The van der Waals surface area contributed by atoms with E-state index in [1.807, 2.05) is 0 Å². The van der Waals surface area contributed by atoms with Crippen molar-refractivity contribution in [2.75, 3.05) is 0 Å². The summed E-state index contributed by atoms with van der Waals surface area (Å²) in [7, 11) is 0. The van der Waals surface area contributed by atoms with Gasteiger partial charge in [0.25, 0.3) is 0 Å². The Labute approximate surface area is 165 Å². The molecule has 0 unspecified atom stereocenters. The van der Waals surface area contributed by atoms with Gasteiger partial charge in [0, 0.05) is 0 Å². The van der Waals surface area contributed by atoms with Crippen LogP contribution in [0.4, 0.5) is 0 Å². The number of aliphatic carboxylic acids is 1. The summed E-state index contributed by atoms with van der Waals surface area (Å²) in [6.45, 7) is 4.68. The van der Waals surface area contributed by atoms with Crippen LogP contribution >= 0.6 is 0 Å². The van der Waals surface area contributed by atoms with Gasteiger partial charge in [-0.15, -0.1) is 0 Å². The van der Waals surface area contributed by atoms with E-state index >= 15 is 0 Å². The fraction of sp³-hybridized carbons (Fsp3) is 0.720. The van der Waals surface area contributed by atoms with E-state index in [1.54, 1.807) is 11.1 Å². The van der Waals surface area contributed by atoms with Gasteiger partial charge in [-0.3, -0.25) is 4.79 Å². The maximum absolute atomic E-state index is 11.3. The maximum Gasteiger partial charge on any atom is 0.309 e. The number of hydrogen-bond acceptors (Lipinski definition) is 1. The lowest BCUT2D eigenvalue weighted by atomic mass is 9.92. The molecule has 0 aliphatic heterocycles. The van der Waals surface area contributed by atoms with Crippen molar-refractivity contribution in [3.63, 3.8) is 0 Å². The Balaban J connectivity index is 1.37. The molecule has 0 amide bonds. The summed E-state index contributed by atoms with van der Waals surface area (Å²) in [5.41, 5.74) is 4.91. The van der Waals surface area contributed by atoms with Gasteiger partial charge in [-0.25, -0.2) is 0 Å². The Bertz CT molecular complexity index is 638. The van der Waals surface area contributed by atoms with Crippen LogP contribution in [0.15, 0.2) is 18.2 Å². The Morgan fingerprint density at radius 1 is 0.926 bits per heavy atom. The second-order valence-electron chi connectivity index (χ2n) is 9.73. The number of aryl methyl sites for hydroxylation is 2. The predicted molar refractivity (Wildman–Crippen MR) is 112 cm³/mol. The van der Waals surface area contributed by atoms with Gasteiger partial charge in [0.15, 0.2) is 0 Å². The van der Waals surface area contributed by atoms with Crippen molar-refractivity contribution in [1.82, 2.24) is 0 Å². The number of rotatable bonds is 13. The van der Waals surface area contributed by atoms with Crippen molar-refractivity contribution in [3.05, 3.63) is 34.9 Å². The number of carbonyl (C=O) groups is 1. The van der Waals surface area contributed by atoms with E-state index in [1.165, 1.54) is 56.9 Å². The largest absolute Gasteiger partial charge is 0.481 e. The molecule has 2 aliphatic carbocycles. The van der Waals surface area contributed by atoms with Crippen molar-refractivity contribution in [2.24, 2.45) is 10.8 Å². The van der Waals surface area contributed by atoms with Crippen LogP contribution < -0.4 is 0 Å². The number of benzene rings is 1. The second-order valence-corrected chi connectivity index (χ2v) is 9.73. The highest BCUT2D eigenvalue weighted by Gasteiger charge is 2.49. The Morgan fingerprint density at radius 3 is 2.22 bits per heavy atom. The summed E-state index contributed by atoms with van der Waals surface area (Å²) >= 11 is 0. The zero-order valence-corrected chi connectivity index (χ0v) is 17.5. The Hall–Kier alpha value is -1.31. The lowest BCUT2D eigenvalue weighted by Crippen LogP contribution is -2.14. The Kier molecular flexibility index (Phi) is 6.65. The minimum atomic E-state index is -0.570. The van der Waals surface area contributed by atoms with Crippen LogP contribution in [0.25, 0.3) is 0 Å². The van der Waals surface area contributed by atoms with Crippen LogP contribution in [0.5, 0.6) is 0 Å². The molecule has 0 atom stereocenters. The number of hydrogen-bond donors (Lipinski definition) is 1. The van der Waals surface area contributed by atoms with E-state index in [0.717, 1.165) is 38.5 Å². The fourth-order valence-electron chi connectivity index (χ4n) is 4.53. The third-order valence-corrected chi connectivity index (χ3v) is 7.23. The van der Waals surface area contributed by atoms with Gasteiger partial charge in [0.1, 0.15) is 0 Å². The quantitative estimate of drug-likeness (QED) is 0.385. The molecular formula is C25H38O2. The lowest BCUT2D eigenvalue weighted by molar-refractivity contribution is -0.143. The summed E-state index contributed by atoms with van der Waals surface area (Å²) in [6.07, 6.45) is 16.8. The molecule has 1 N–H and O–H groups in total. The van der Waals surface area contributed by atoms with E-state index in [9.17, 15) is 9.90 Å². The van der Waals surface area contributed by atoms with E-state index < -0.39 is 5.97 Å². The summed E-state index contributed by atoms with van der Waals surface area (Å²) in [4.78, 5) is 11.3. The standard InChI is InChI=1S/C25H38O2/c1-20-10-9-12-21(11-5-3-7-14-24(2)16-17-24)22(20)13-6-4-8-15-25(18-19-25)23(26)27/h9-10,12H,3-8,11,13-19H2,1-2H3,(H,26,27). The van der Waals surface area contributed by atoms with E-state index in [2.05, 4.69) is 32.0 Å². The van der Waals surface area contributed by atoms with Crippen LogP contribution in [0.3, 0.4) is 0 Å². The van der Waals surface area contributed by atoms with E-state index in [-0.39, 0.29) is 5.41 Å². The maximum atomic E-state index is 11.3. The molecule has 150 valence electrons. The molecule has 0 saturated heterocycles. The normalized spacial score (nSPS) is 19.0. The molecule has 2 heteroatoms. The topological polar surface area (TPSA) is 37.3 Å². The highest BCUT2D eigenvalue weighted by atomic mass is 16.4. The minimum Gasteiger partial charge on any atom is -0.481 e. The molecule has 0 aromatic heterocycles. The van der Waals surface area contributed by atoms with Gasteiger partial charge in [0.05, 0.1) is 5.41 Å². The first kappa shape index (κ1) is 20.4. The first-order valence-electron chi connectivity index (χ1n) is 11.3. The molecule has 1 aromatic carbocycles. The number of unbranched alkanes of at least 4 members (excludes halogenated alkanes) is 4. The average molecular weight is 371 g/mol.